The molecule has 2 rings (SSSR count). The predicted octanol–water partition coefficient (Wildman–Crippen LogP) is 0.257. The molecule has 1 saturated heterocycles. The number of amides is 2. The predicted molar refractivity (Wildman–Crippen MR) is 62.7 cm³/mol. The van der Waals surface area contributed by atoms with E-state index in [-0.39, 0.29) is 17.9 Å². The lowest BCUT2D eigenvalue weighted by Gasteiger charge is -2.31. The molecule has 0 spiro atoms. The van der Waals surface area contributed by atoms with Crippen LogP contribution in [0.4, 0.5) is 0 Å². The highest BCUT2D eigenvalue weighted by molar-refractivity contribution is 5.79. The molecule has 90 valence electrons. The molecule has 5 heteroatoms. The maximum absolute atomic E-state index is 11.5. The Labute approximate surface area is 99.6 Å². The Hall–Kier alpha value is -1.88. The van der Waals surface area contributed by atoms with Gasteiger partial charge in [-0.2, -0.15) is 0 Å². The molecule has 1 fully saturated rings. The average Bonchev–Trinajstić information content (AvgIpc) is 2.28. The number of hydrogen-bond acceptors (Lipinski definition) is 3. The highest BCUT2D eigenvalue weighted by atomic mass is 16.2. The van der Waals surface area contributed by atoms with E-state index in [0.717, 1.165) is 5.56 Å². The number of hydrogen-bond donors (Lipinski definition) is 3. The molecule has 1 heterocycles. The molecular weight excluding hydrogens is 218 g/mol. The zero-order valence-electron chi connectivity index (χ0n) is 9.57. The fraction of sp³-hybridized carbons (Fsp3) is 0.333. The Balaban J connectivity index is 2.09. The summed E-state index contributed by atoms with van der Waals surface area (Å²) in [6.45, 7) is 1.42. The van der Waals surface area contributed by atoms with Gasteiger partial charge in [0.15, 0.2) is 6.29 Å². The molecule has 2 unspecified atom stereocenters. The molecule has 0 aliphatic carbocycles. The van der Waals surface area contributed by atoms with Crippen LogP contribution in [0, 0.1) is 0 Å². The van der Waals surface area contributed by atoms with Crippen LogP contribution in [0.25, 0.3) is 0 Å². The van der Waals surface area contributed by atoms with Gasteiger partial charge in [-0.15, -0.1) is 0 Å². The lowest BCUT2D eigenvalue weighted by molar-refractivity contribution is -0.126. The van der Waals surface area contributed by atoms with E-state index < -0.39 is 6.29 Å². The van der Waals surface area contributed by atoms with E-state index >= 15 is 0 Å². The van der Waals surface area contributed by atoms with Crippen molar-refractivity contribution in [1.82, 2.24) is 16.0 Å². The van der Waals surface area contributed by atoms with E-state index in [1.807, 2.05) is 30.3 Å². The molecule has 17 heavy (non-hydrogen) atoms. The van der Waals surface area contributed by atoms with E-state index in [4.69, 9.17) is 0 Å². The van der Waals surface area contributed by atoms with Crippen molar-refractivity contribution < 1.29 is 9.59 Å². The summed E-state index contributed by atoms with van der Waals surface area (Å²) in [5.74, 6) is -0.257. The third-order valence-corrected chi connectivity index (χ3v) is 2.61. The van der Waals surface area contributed by atoms with Gasteiger partial charge in [-0.3, -0.25) is 14.9 Å². The number of benzene rings is 1. The Bertz CT molecular complexity index is 417. The van der Waals surface area contributed by atoms with Gasteiger partial charge in [0.25, 0.3) is 0 Å². The summed E-state index contributed by atoms with van der Waals surface area (Å²) in [6, 6.07) is 9.63. The first kappa shape index (κ1) is 11.6. The van der Waals surface area contributed by atoms with Crippen molar-refractivity contribution in [2.45, 2.75) is 25.7 Å². The molecule has 1 aliphatic heterocycles. The summed E-state index contributed by atoms with van der Waals surface area (Å²) >= 11 is 0. The van der Waals surface area contributed by atoms with Crippen molar-refractivity contribution in [3.05, 3.63) is 35.9 Å². The number of carbonyl (C=O) groups excluding carboxylic acids is 2. The van der Waals surface area contributed by atoms with Crippen molar-refractivity contribution >= 4 is 11.8 Å². The third-order valence-electron chi connectivity index (χ3n) is 2.61. The maximum Gasteiger partial charge on any atom is 0.224 e. The van der Waals surface area contributed by atoms with Gasteiger partial charge in [-0.05, 0) is 5.56 Å². The van der Waals surface area contributed by atoms with Gasteiger partial charge < -0.3 is 10.6 Å². The van der Waals surface area contributed by atoms with Crippen molar-refractivity contribution in [2.75, 3.05) is 0 Å². The maximum atomic E-state index is 11.5. The van der Waals surface area contributed by atoms with Crippen molar-refractivity contribution in [2.24, 2.45) is 0 Å². The monoisotopic (exact) mass is 233 g/mol. The van der Waals surface area contributed by atoms with Gasteiger partial charge >= 0.3 is 0 Å². The standard InChI is InChI=1S/C12H15N3O2/c1-8(16)13-12-14-10(7-11(17)15-12)9-5-3-2-4-6-9/h2-6,10,12,14H,7H2,1H3,(H,13,16)(H,15,17). The summed E-state index contributed by atoms with van der Waals surface area (Å²) in [5, 5.41) is 8.46. The van der Waals surface area contributed by atoms with E-state index in [0.29, 0.717) is 6.42 Å². The molecular formula is C12H15N3O2. The first-order valence-corrected chi connectivity index (χ1v) is 5.52. The van der Waals surface area contributed by atoms with Crippen LogP contribution in [0.2, 0.25) is 0 Å². The number of nitrogens with one attached hydrogen (secondary N) is 3. The van der Waals surface area contributed by atoms with Crippen molar-refractivity contribution in [1.29, 1.82) is 0 Å². The minimum atomic E-state index is -0.501. The van der Waals surface area contributed by atoms with Crippen molar-refractivity contribution in [3.63, 3.8) is 0 Å². The molecule has 1 aromatic carbocycles. The summed E-state index contributed by atoms with van der Waals surface area (Å²) in [6.07, 6.45) is -0.126. The quantitative estimate of drug-likeness (QED) is 0.686. The molecule has 0 bridgehead atoms. The lowest BCUT2D eigenvalue weighted by atomic mass is 10.0. The van der Waals surface area contributed by atoms with Crippen LogP contribution < -0.4 is 16.0 Å². The van der Waals surface area contributed by atoms with Crippen molar-refractivity contribution in [3.8, 4) is 0 Å². The first-order chi connectivity index (χ1) is 8.15. The zero-order chi connectivity index (χ0) is 12.3. The second-order valence-electron chi connectivity index (χ2n) is 4.04. The van der Waals surface area contributed by atoms with Crippen LogP contribution in [0.5, 0.6) is 0 Å². The van der Waals surface area contributed by atoms with Gasteiger partial charge in [0.1, 0.15) is 0 Å². The summed E-state index contributed by atoms with van der Waals surface area (Å²) < 4.78 is 0. The molecule has 0 radical (unpaired) electrons. The highest BCUT2D eigenvalue weighted by Gasteiger charge is 2.26. The molecule has 0 saturated carbocycles. The highest BCUT2D eigenvalue weighted by Crippen LogP contribution is 2.18. The van der Waals surface area contributed by atoms with Crippen LogP contribution in [0.15, 0.2) is 30.3 Å². The minimum absolute atomic E-state index is 0.0678. The van der Waals surface area contributed by atoms with E-state index in [2.05, 4.69) is 16.0 Å². The Morgan fingerprint density at radius 3 is 2.71 bits per heavy atom. The Morgan fingerprint density at radius 2 is 2.06 bits per heavy atom. The van der Waals surface area contributed by atoms with Gasteiger partial charge in [0.05, 0.1) is 0 Å². The van der Waals surface area contributed by atoms with Gasteiger partial charge in [-0.1, -0.05) is 30.3 Å². The van der Waals surface area contributed by atoms with Crippen LogP contribution >= 0.6 is 0 Å². The van der Waals surface area contributed by atoms with Crippen LogP contribution in [0.1, 0.15) is 24.9 Å². The summed E-state index contributed by atoms with van der Waals surface area (Å²) in [5.41, 5.74) is 1.04. The van der Waals surface area contributed by atoms with Gasteiger partial charge in [0.2, 0.25) is 11.8 Å². The largest absolute Gasteiger partial charge is 0.324 e. The van der Waals surface area contributed by atoms with Crippen LogP contribution in [-0.2, 0) is 9.59 Å². The second-order valence-corrected chi connectivity index (χ2v) is 4.04. The summed E-state index contributed by atoms with van der Waals surface area (Å²) in [4.78, 5) is 22.5. The Kier molecular flexibility index (Phi) is 3.39. The fourth-order valence-electron chi connectivity index (χ4n) is 1.89. The lowest BCUT2D eigenvalue weighted by Crippen LogP contribution is -2.60. The molecule has 1 aliphatic rings. The van der Waals surface area contributed by atoms with Crippen LogP contribution in [0.3, 0.4) is 0 Å². The first-order valence-electron chi connectivity index (χ1n) is 5.52. The van der Waals surface area contributed by atoms with E-state index in [1.54, 1.807) is 0 Å². The average molecular weight is 233 g/mol. The molecule has 2 atom stereocenters. The molecule has 3 N–H and O–H groups in total. The normalized spacial score (nSPS) is 23.9. The fourth-order valence-corrected chi connectivity index (χ4v) is 1.89. The van der Waals surface area contributed by atoms with Crippen LogP contribution in [-0.4, -0.2) is 18.1 Å². The molecule has 5 nitrogen and oxygen atoms in total. The second kappa shape index (κ2) is 4.97. The third kappa shape index (κ3) is 3.04. The zero-order valence-corrected chi connectivity index (χ0v) is 9.57. The number of carbonyl (C=O) groups is 2. The smallest absolute Gasteiger partial charge is 0.224 e. The molecule has 1 aromatic rings. The van der Waals surface area contributed by atoms with Gasteiger partial charge in [-0.25, -0.2) is 0 Å². The topological polar surface area (TPSA) is 70.2 Å². The summed E-state index contributed by atoms with van der Waals surface area (Å²) in [7, 11) is 0. The molecule has 2 amide bonds. The van der Waals surface area contributed by atoms with E-state index in [9.17, 15) is 9.59 Å². The van der Waals surface area contributed by atoms with E-state index in [1.165, 1.54) is 6.92 Å². The molecule has 0 aromatic heterocycles. The number of rotatable bonds is 2. The Morgan fingerprint density at radius 1 is 1.35 bits per heavy atom. The van der Waals surface area contributed by atoms with Gasteiger partial charge in [0, 0.05) is 19.4 Å². The SMILES string of the molecule is CC(=O)NC1NC(=O)CC(c2ccccc2)N1. The minimum Gasteiger partial charge on any atom is -0.324 e.